The van der Waals surface area contributed by atoms with Crippen LogP contribution in [-0.2, 0) is 9.53 Å². The molecule has 1 amide bonds. The van der Waals surface area contributed by atoms with Crippen LogP contribution in [0.5, 0.6) is 5.75 Å². The molecule has 2 aromatic rings. The van der Waals surface area contributed by atoms with Crippen molar-refractivity contribution in [2.45, 2.75) is 34.1 Å². The molecular formula is C20H23NO4. The molecule has 5 nitrogen and oxygen atoms in total. The molecular weight excluding hydrogens is 318 g/mol. The van der Waals surface area contributed by atoms with Gasteiger partial charge in [-0.05, 0) is 18.4 Å². The fourth-order valence-corrected chi connectivity index (χ4v) is 2.20. The highest BCUT2D eigenvalue weighted by Crippen LogP contribution is 2.25. The Bertz CT molecular complexity index is 797. The Morgan fingerprint density at radius 2 is 1.72 bits per heavy atom. The summed E-state index contributed by atoms with van der Waals surface area (Å²) in [5.74, 6) is 0.440. The van der Waals surface area contributed by atoms with E-state index in [-0.39, 0.29) is 18.1 Å². The van der Waals surface area contributed by atoms with Crippen molar-refractivity contribution < 1.29 is 19.1 Å². The van der Waals surface area contributed by atoms with Crippen LogP contribution in [0.2, 0.25) is 0 Å². The van der Waals surface area contributed by atoms with E-state index in [4.69, 9.17) is 9.47 Å². The Balaban J connectivity index is 2.19. The SMILES string of the molecule is CCO/C(CC(=O)C(C)(C)C)=N/C(=O)Oc1cccc2ccccc12. The molecule has 2 aromatic carbocycles. The number of rotatable bonds is 4. The third kappa shape index (κ3) is 5.14. The number of carbonyl (C=O) groups excluding carboxylic acids is 2. The molecule has 0 saturated heterocycles. The first kappa shape index (κ1) is 18.6. The van der Waals surface area contributed by atoms with Crippen LogP contribution in [0.15, 0.2) is 47.5 Å². The molecule has 2 rings (SSSR count). The van der Waals surface area contributed by atoms with E-state index in [9.17, 15) is 9.59 Å². The molecule has 0 aliphatic heterocycles. The van der Waals surface area contributed by atoms with Crippen LogP contribution in [0, 0.1) is 5.41 Å². The van der Waals surface area contributed by atoms with Crippen molar-refractivity contribution in [2.75, 3.05) is 6.61 Å². The van der Waals surface area contributed by atoms with Gasteiger partial charge in [0.1, 0.15) is 11.5 Å². The van der Waals surface area contributed by atoms with Crippen LogP contribution in [0.25, 0.3) is 10.8 Å². The lowest BCUT2D eigenvalue weighted by atomic mass is 9.89. The summed E-state index contributed by atoms with van der Waals surface area (Å²) in [7, 11) is 0. The number of ketones is 1. The van der Waals surface area contributed by atoms with Gasteiger partial charge in [-0.3, -0.25) is 4.79 Å². The zero-order valence-electron chi connectivity index (χ0n) is 15.0. The second kappa shape index (κ2) is 7.92. The monoisotopic (exact) mass is 341 g/mol. The van der Waals surface area contributed by atoms with Gasteiger partial charge in [0, 0.05) is 10.8 Å². The van der Waals surface area contributed by atoms with Crippen LogP contribution in [0.1, 0.15) is 34.1 Å². The van der Waals surface area contributed by atoms with Gasteiger partial charge in [0.05, 0.1) is 13.0 Å². The van der Waals surface area contributed by atoms with E-state index in [2.05, 4.69) is 4.99 Å². The van der Waals surface area contributed by atoms with Gasteiger partial charge in [0.2, 0.25) is 5.90 Å². The number of Topliss-reactive ketones (excluding diaryl/α,β-unsaturated/α-hetero) is 1. The highest BCUT2D eigenvalue weighted by atomic mass is 16.6. The summed E-state index contributed by atoms with van der Waals surface area (Å²) in [6.07, 6.45) is -0.844. The molecule has 0 N–H and O–H groups in total. The van der Waals surface area contributed by atoms with Crippen LogP contribution in [-0.4, -0.2) is 24.4 Å². The molecule has 132 valence electrons. The van der Waals surface area contributed by atoms with Gasteiger partial charge in [0.25, 0.3) is 0 Å². The number of aliphatic imine (C=N–C) groups is 1. The number of fused-ring (bicyclic) bond motifs is 1. The summed E-state index contributed by atoms with van der Waals surface area (Å²) in [5, 5.41) is 1.78. The zero-order valence-corrected chi connectivity index (χ0v) is 15.0. The summed E-state index contributed by atoms with van der Waals surface area (Å²) in [5.41, 5.74) is -0.530. The quantitative estimate of drug-likeness (QED) is 0.593. The summed E-state index contributed by atoms with van der Waals surface area (Å²) in [6, 6.07) is 13.0. The van der Waals surface area contributed by atoms with Gasteiger partial charge in [-0.25, -0.2) is 4.79 Å². The predicted octanol–water partition coefficient (Wildman–Crippen LogP) is 4.78. The molecule has 5 heteroatoms. The van der Waals surface area contributed by atoms with E-state index in [1.807, 2.05) is 51.1 Å². The molecule has 0 saturated carbocycles. The molecule has 0 aliphatic rings. The Labute approximate surface area is 147 Å². The third-order valence-electron chi connectivity index (χ3n) is 3.62. The summed E-state index contributed by atoms with van der Waals surface area (Å²) in [4.78, 5) is 28.2. The average Bonchev–Trinajstić information content (AvgIpc) is 2.54. The van der Waals surface area contributed by atoms with Crippen molar-refractivity contribution in [3.63, 3.8) is 0 Å². The average molecular weight is 341 g/mol. The van der Waals surface area contributed by atoms with Crippen molar-refractivity contribution in [1.29, 1.82) is 0 Å². The molecule has 0 aliphatic carbocycles. The highest BCUT2D eigenvalue weighted by molar-refractivity contribution is 6.03. The second-order valence-electron chi connectivity index (χ2n) is 6.63. The maximum absolute atomic E-state index is 12.2. The zero-order chi connectivity index (χ0) is 18.4. The number of amides is 1. The van der Waals surface area contributed by atoms with Gasteiger partial charge >= 0.3 is 6.09 Å². The van der Waals surface area contributed by atoms with E-state index in [1.54, 1.807) is 19.1 Å². The van der Waals surface area contributed by atoms with Gasteiger partial charge in [0.15, 0.2) is 0 Å². The van der Waals surface area contributed by atoms with E-state index in [0.29, 0.717) is 12.4 Å². The van der Waals surface area contributed by atoms with Gasteiger partial charge in [-0.1, -0.05) is 57.2 Å². The van der Waals surface area contributed by atoms with Gasteiger partial charge < -0.3 is 9.47 Å². The fourth-order valence-electron chi connectivity index (χ4n) is 2.20. The Morgan fingerprint density at radius 3 is 2.40 bits per heavy atom. The number of ether oxygens (including phenoxy) is 2. The summed E-state index contributed by atoms with van der Waals surface area (Å²) >= 11 is 0. The Hall–Kier alpha value is -2.69. The number of benzene rings is 2. The van der Waals surface area contributed by atoms with Crippen LogP contribution >= 0.6 is 0 Å². The molecule has 25 heavy (non-hydrogen) atoms. The van der Waals surface area contributed by atoms with E-state index in [0.717, 1.165) is 10.8 Å². The molecule has 0 heterocycles. The van der Waals surface area contributed by atoms with Crippen LogP contribution < -0.4 is 4.74 Å². The minimum atomic E-state index is -0.804. The first-order chi connectivity index (χ1) is 11.8. The third-order valence-corrected chi connectivity index (χ3v) is 3.62. The largest absolute Gasteiger partial charge is 0.481 e. The first-order valence-corrected chi connectivity index (χ1v) is 8.24. The van der Waals surface area contributed by atoms with Crippen molar-refractivity contribution in [1.82, 2.24) is 0 Å². The lowest BCUT2D eigenvalue weighted by Crippen LogP contribution is -2.25. The van der Waals surface area contributed by atoms with Crippen LogP contribution in [0.3, 0.4) is 0 Å². The molecule has 0 atom stereocenters. The van der Waals surface area contributed by atoms with Crippen molar-refractivity contribution in [2.24, 2.45) is 10.4 Å². The number of hydrogen-bond donors (Lipinski definition) is 0. The number of nitrogens with zero attached hydrogens (tertiary/aromatic N) is 1. The number of hydrogen-bond acceptors (Lipinski definition) is 4. The highest BCUT2D eigenvalue weighted by Gasteiger charge is 2.24. The standard InChI is InChI=1S/C20H23NO4/c1-5-24-18(13-17(22)20(2,3)4)21-19(23)25-16-12-8-10-14-9-6-7-11-15(14)16/h6-12H,5,13H2,1-4H3/b21-18+. The molecule has 0 fully saturated rings. The molecule has 0 aromatic heterocycles. The summed E-state index contributed by atoms with van der Waals surface area (Å²) < 4.78 is 10.7. The van der Waals surface area contributed by atoms with Gasteiger partial charge in [-0.15, -0.1) is 4.99 Å². The second-order valence-corrected chi connectivity index (χ2v) is 6.63. The molecule has 0 spiro atoms. The number of carbonyl (C=O) groups is 2. The lowest BCUT2D eigenvalue weighted by Gasteiger charge is -2.17. The van der Waals surface area contributed by atoms with Crippen molar-refractivity contribution in [3.8, 4) is 5.75 Å². The normalized spacial score (nSPS) is 12.1. The minimum absolute atomic E-state index is 0.0397. The predicted molar refractivity (Wildman–Crippen MR) is 98.1 cm³/mol. The van der Waals surface area contributed by atoms with Crippen LogP contribution in [0.4, 0.5) is 4.79 Å². The van der Waals surface area contributed by atoms with Gasteiger partial charge in [-0.2, -0.15) is 0 Å². The molecule has 0 unspecified atom stereocenters. The van der Waals surface area contributed by atoms with E-state index in [1.165, 1.54) is 0 Å². The Kier molecular flexibility index (Phi) is 5.91. The lowest BCUT2D eigenvalue weighted by molar-refractivity contribution is -0.125. The first-order valence-electron chi connectivity index (χ1n) is 8.24. The Morgan fingerprint density at radius 1 is 1.04 bits per heavy atom. The van der Waals surface area contributed by atoms with E-state index < -0.39 is 11.5 Å². The summed E-state index contributed by atoms with van der Waals surface area (Å²) in [6.45, 7) is 7.53. The van der Waals surface area contributed by atoms with Crippen molar-refractivity contribution >= 4 is 28.5 Å². The maximum atomic E-state index is 12.2. The minimum Gasteiger partial charge on any atom is -0.481 e. The maximum Gasteiger partial charge on any atom is 0.442 e. The smallest absolute Gasteiger partial charge is 0.442 e. The molecule has 0 radical (unpaired) electrons. The van der Waals surface area contributed by atoms with E-state index >= 15 is 0 Å². The molecule has 0 bridgehead atoms. The van der Waals surface area contributed by atoms with Crippen molar-refractivity contribution in [3.05, 3.63) is 42.5 Å². The topological polar surface area (TPSA) is 65.0 Å². The fraction of sp³-hybridized carbons (Fsp3) is 0.350.